The van der Waals surface area contributed by atoms with Gasteiger partial charge in [-0.2, -0.15) is 18.3 Å². The molecule has 0 aliphatic carbocycles. The Bertz CT molecular complexity index is 1280. The first-order valence-electron chi connectivity index (χ1n) is 12.2. The van der Waals surface area contributed by atoms with Crippen molar-refractivity contribution in [3.05, 3.63) is 41.5 Å². The first-order chi connectivity index (χ1) is 17.7. The minimum atomic E-state index is -4.46. The minimum absolute atomic E-state index is 0.00473. The van der Waals surface area contributed by atoms with Gasteiger partial charge >= 0.3 is 6.18 Å². The summed E-state index contributed by atoms with van der Waals surface area (Å²) in [7, 11) is 3.24. The standard InChI is InChI=1S/C26H29F3N4O4/c1-31-24(20-4-3-19(15-21(20)30-31)37-12-9-32-7-10-36-11-8-32)18-13-17-5-6-33(16-26(27,28)29)25(34)23(17)22(14-18)35-2/h3-4,13-15H,5-12,16H2,1-2H3. The summed E-state index contributed by atoms with van der Waals surface area (Å²) in [5.74, 6) is 0.307. The van der Waals surface area contributed by atoms with Gasteiger partial charge in [-0.05, 0) is 36.2 Å². The minimum Gasteiger partial charge on any atom is -0.496 e. The average Bonchev–Trinajstić information content (AvgIpc) is 3.20. The van der Waals surface area contributed by atoms with E-state index in [-0.39, 0.29) is 17.9 Å². The van der Waals surface area contributed by atoms with Crippen molar-refractivity contribution in [1.29, 1.82) is 0 Å². The predicted octanol–water partition coefficient (Wildman–Crippen LogP) is 3.52. The second kappa shape index (κ2) is 10.2. The lowest BCUT2D eigenvalue weighted by molar-refractivity contribution is -0.141. The Kier molecular flexibility index (Phi) is 7.00. The van der Waals surface area contributed by atoms with E-state index in [0.29, 0.717) is 18.6 Å². The number of amides is 1. The molecule has 2 aliphatic heterocycles. The average molecular weight is 519 g/mol. The van der Waals surface area contributed by atoms with E-state index in [9.17, 15) is 18.0 Å². The predicted molar refractivity (Wildman–Crippen MR) is 131 cm³/mol. The molecular formula is C26H29F3N4O4. The molecule has 0 spiro atoms. The van der Waals surface area contributed by atoms with Crippen LogP contribution in [-0.2, 0) is 18.2 Å². The highest BCUT2D eigenvalue weighted by molar-refractivity contribution is 6.01. The van der Waals surface area contributed by atoms with Crippen LogP contribution < -0.4 is 9.47 Å². The lowest BCUT2D eigenvalue weighted by Crippen LogP contribution is -2.43. The van der Waals surface area contributed by atoms with Gasteiger partial charge in [0, 0.05) is 50.2 Å². The molecule has 0 N–H and O–H groups in total. The molecule has 1 aromatic heterocycles. The molecule has 1 fully saturated rings. The van der Waals surface area contributed by atoms with Crippen LogP contribution in [0.5, 0.6) is 11.5 Å². The Morgan fingerprint density at radius 1 is 1.11 bits per heavy atom. The highest BCUT2D eigenvalue weighted by Crippen LogP contribution is 2.37. The van der Waals surface area contributed by atoms with Crippen molar-refractivity contribution in [3.63, 3.8) is 0 Å². The molecule has 1 saturated heterocycles. The number of hydrogen-bond acceptors (Lipinski definition) is 6. The normalized spacial score (nSPS) is 16.8. The molecule has 0 unspecified atom stereocenters. The van der Waals surface area contributed by atoms with Crippen LogP contribution in [0.25, 0.3) is 22.2 Å². The first-order valence-corrected chi connectivity index (χ1v) is 12.2. The molecular weight excluding hydrogens is 489 g/mol. The van der Waals surface area contributed by atoms with E-state index in [2.05, 4.69) is 10.00 Å². The van der Waals surface area contributed by atoms with Crippen molar-refractivity contribution in [2.75, 3.05) is 59.7 Å². The molecule has 2 aliphatic rings. The van der Waals surface area contributed by atoms with Gasteiger partial charge in [0.05, 0.1) is 37.1 Å². The van der Waals surface area contributed by atoms with Crippen LogP contribution in [0, 0.1) is 0 Å². The molecule has 1 amide bonds. The first kappa shape index (κ1) is 25.3. The number of hydrogen-bond donors (Lipinski definition) is 0. The number of halogens is 3. The number of rotatable bonds is 7. The van der Waals surface area contributed by atoms with E-state index in [1.165, 1.54) is 7.11 Å². The number of fused-ring (bicyclic) bond motifs is 2. The van der Waals surface area contributed by atoms with Crippen molar-refractivity contribution in [2.45, 2.75) is 12.6 Å². The molecule has 3 aromatic rings. The smallest absolute Gasteiger partial charge is 0.406 e. The highest BCUT2D eigenvalue weighted by atomic mass is 19.4. The van der Waals surface area contributed by atoms with Gasteiger partial charge in [0.2, 0.25) is 0 Å². The van der Waals surface area contributed by atoms with Gasteiger partial charge in [-0.1, -0.05) is 0 Å². The van der Waals surface area contributed by atoms with Gasteiger partial charge in [0.1, 0.15) is 24.7 Å². The number of carbonyl (C=O) groups excluding carboxylic acids is 1. The zero-order valence-corrected chi connectivity index (χ0v) is 20.8. The Balaban J connectivity index is 1.40. The molecule has 0 bridgehead atoms. The van der Waals surface area contributed by atoms with Crippen molar-refractivity contribution in [1.82, 2.24) is 19.6 Å². The van der Waals surface area contributed by atoms with E-state index in [0.717, 1.165) is 65.7 Å². The second-order valence-corrected chi connectivity index (χ2v) is 9.26. The Labute approximate surface area is 212 Å². The van der Waals surface area contributed by atoms with Crippen LogP contribution in [0.2, 0.25) is 0 Å². The third kappa shape index (κ3) is 5.37. The summed E-state index contributed by atoms with van der Waals surface area (Å²) in [6.07, 6.45) is -4.16. The SMILES string of the molecule is COc1cc(-c2c3ccc(OCCN4CCOCC4)cc3nn2C)cc2c1C(=O)N(CC(F)(F)F)CC2. The third-order valence-electron chi connectivity index (χ3n) is 6.79. The fourth-order valence-corrected chi connectivity index (χ4v) is 5.02. The van der Waals surface area contributed by atoms with E-state index in [4.69, 9.17) is 14.2 Å². The zero-order chi connectivity index (χ0) is 26.2. The summed E-state index contributed by atoms with van der Waals surface area (Å²) >= 11 is 0. The number of aryl methyl sites for hydroxylation is 1. The molecule has 3 heterocycles. The summed E-state index contributed by atoms with van der Waals surface area (Å²) in [5, 5.41) is 5.55. The summed E-state index contributed by atoms with van der Waals surface area (Å²) in [5.41, 5.74) is 3.20. The van der Waals surface area contributed by atoms with Gasteiger partial charge in [-0.15, -0.1) is 0 Å². The molecule has 2 aromatic carbocycles. The van der Waals surface area contributed by atoms with Crippen LogP contribution in [0.15, 0.2) is 30.3 Å². The Morgan fingerprint density at radius 2 is 1.89 bits per heavy atom. The molecule has 198 valence electrons. The quantitative estimate of drug-likeness (QED) is 0.477. The maximum Gasteiger partial charge on any atom is 0.406 e. The number of methoxy groups -OCH3 is 1. The van der Waals surface area contributed by atoms with E-state index < -0.39 is 18.6 Å². The van der Waals surface area contributed by atoms with Crippen LogP contribution in [-0.4, -0.2) is 91.3 Å². The Hall–Kier alpha value is -3.31. The number of morpholine rings is 1. The van der Waals surface area contributed by atoms with Crippen LogP contribution in [0.4, 0.5) is 13.2 Å². The monoisotopic (exact) mass is 518 g/mol. The van der Waals surface area contributed by atoms with Gasteiger partial charge < -0.3 is 19.1 Å². The van der Waals surface area contributed by atoms with Crippen LogP contribution in [0.3, 0.4) is 0 Å². The van der Waals surface area contributed by atoms with Gasteiger partial charge in [0.15, 0.2) is 0 Å². The highest BCUT2D eigenvalue weighted by Gasteiger charge is 2.37. The van der Waals surface area contributed by atoms with Gasteiger partial charge in [0.25, 0.3) is 5.91 Å². The van der Waals surface area contributed by atoms with Crippen molar-refractivity contribution >= 4 is 16.8 Å². The summed E-state index contributed by atoms with van der Waals surface area (Å²) < 4.78 is 57.4. The fraction of sp³-hybridized carbons (Fsp3) is 0.462. The van der Waals surface area contributed by atoms with Crippen LogP contribution >= 0.6 is 0 Å². The molecule has 0 atom stereocenters. The lowest BCUT2D eigenvalue weighted by Gasteiger charge is -2.30. The van der Waals surface area contributed by atoms with Gasteiger partial charge in [-0.3, -0.25) is 14.4 Å². The maximum atomic E-state index is 12.9. The molecule has 0 saturated carbocycles. The third-order valence-corrected chi connectivity index (χ3v) is 6.79. The number of benzene rings is 2. The molecule has 8 nitrogen and oxygen atoms in total. The number of alkyl halides is 3. The Morgan fingerprint density at radius 3 is 2.62 bits per heavy atom. The van der Waals surface area contributed by atoms with Crippen molar-refractivity contribution in [2.24, 2.45) is 7.05 Å². The number of carbonyl (C=O) groups is 1. The summed E-state index contributed by atoms with van der Waals surface area (Å²) in [6.45, 7) is 3.40. The summed E-state index contributed by atoms with van der Waals surface area (Å²) in [4.78, 5) is 16.0. The second-order valence-electron chi connectivity index (χ2n) is 9.26. The maximum absolute atomic E-state index is 12.9. The van der Waals surface area contributed by atoms with E-state index >= 15 is 0 Å². The fourth-order valence-electron chi connectivity index (χ4n) is 5.02. The molecule has 0 radical (unpaired) electrons. The van der Waals surface area contributed by atoms with Crippen molar-refractivity contribution in [3.8, 4) is 22.8 Å². The largest absolute Gasteiger partial charge is 0.496 e. The molecule has 5 rings (SSSR count). The summed E-state index contributed by atoms with van der Waals surface area (Å²) in [6, 6.07) is 9.29. The number of aromatic nitrogens is 2. The lowest BCUT2D eigenvalue weighted by atomic mass is 9.93. The van der Waals surface area contributed by atoms with E-state index in [1.807, 2.05) is 31.3 Å². The van der Waals surface area contributed by atoms with Crippen molar-refractivity contribution < 1.29 is 32.2 Å². The van der Waals surface area contributed by atoms with Gasteiger partial charge in [-0.25, -0.2) is 0 Å². The topological polar surface area (TPSA) is 69.1 Å². The van der Waals surface area contributed by atoms with E-state index in [1.54, 1.807) is 10.7 Å². The molecule has 11 heteroatoms. The zero-order valence-electron chi connectivity index (χ0n) is 20.8. The van der Waals surface area contributed by atoms with Crippen LogP contribution in [0.1, 0.15) is 15.9 Å². The number of nitrogens with zero attached hydrogens (tertiary/aromatic N) is 4. The molecule has 37 heavy (non-hydrogen) atoms. The number of ether oxygens (including phenoxy) is 3.